The molecule has 1 heterocycles. The van der Waals surface area contributed by atoms with Crippen LogP contribution in [0.4, 0.5) is 0 Å². The highest BCUT2D eigenvalue weighted by atomic mass is 32.2. The Labute approximate surface area is 96.8 Å². The number of hydrogen-bond acceptors (Lipinski definition) is 4. The maximum absolute atomic E-state index is 11.4. The average Bonchev–Trinajstić information content (AvgIpc) is 2.71. The van der Waals surface area contributed by atoms with Crippen molar-refractivity contribution in [1.82, 2.24) is 14.9 Å². The molecule has 1 N–H and O–H groups in total. The Balaban J connectivity index is 2.57. The predicted octanol–water partition coefficient (Wildman–Crippen LogP) is 0.427. The van der Waals surface area contributed by atoms with Gasteiger partial charge in [0.25, 0.3) is 0 Å². The van der Waals surface area contributed by atoms with Crippen molar-refractivity contribution in [2.24, 2.45) is 0 Å². The summed E-state index contributed by atoms with van der Waals surface area (Å²) in [5.41, 5.74) is 1.02. The zero-order valence-corrected chi connectivity index (χ0v) is 10.6. The van der Waals surface area contributed by atoms with Crippen LogP contribution < -0.4 is 5.32 Å². The molecule has 16 heavy (non-hydrogen) atoms. The molecule has 0 radical (unpaired) electrons. The van der Waals surface area contributed by atoms with E-state index in [-0.39, 0.29) is 11.5 Å². The Bertz CT molecular complexity index is 411. The minimum atomic E-state index is -2.90. The first-order chi connectivity index (χ1) is 7.59. The summed E-state index contributed by atoms with van der Waals surface area (Å²) in [4.78, 5) is 4.03. The monoisotopic (exact) mass is 245 g/mol. The van der Waals surface area contributed by atoms with Gasteiger partial charge in [0, 0.05) is 25.0 Å². The number of aromatic nitrogens is 2. The van der Waals surface area contributed by atoms with Gasteiger partial charge in [0.05, 0.1) is 17.8 Å². The zero-order valence-electron chi connectivity index (χ0n) is 9.81. The van der Waals surface area contributed by atoms with Crippen LogP contribution in [0.1, 0.15) is 19.5 Å². The van der Waals surface area contributed by atoms with Crippen LogP contribution in [0.25, 0.3) is 0 Å². The maximum Gasteiger partial charge on any atom is 0.151 e. The lowest BCUT2D eigenvalue weighted by atomic mass is 10.4. The number of nitrogens with zero attached hydrogens (tertiary/aromatic N) is 2. The van der Waals surface area contributed by atoms with Gasteiger partial charge in [-0.2, -0.15) is 0 Å². The Hall–Kier alpha value is -0.880. The number of sulfone groups is 1. The van der Waals surface area contributed by atoms with Crippen LogP contribution in [0.5, 0.6) is 0 Å². The van der Waals surface area contributed by atoms with E-state index >= 15 is 0 Å². The molecule has 92 valence electrons. The highest BCUT2D eigenvalue weighted by molar-refractivity contribution is 7.91. The molecule has 0 bridgehead atoms. The molecule has 0 fully saturated rings. The third-order valence-electron chi connectivity index (χ3n) is 2.44. The van der Waals surface area contributed by atoms with Gasteiger partial charge < -0.3 is 9.88 Å². The molecular weight excluding hydrogens is 226 g/mol. The molecule has 0 aliphatic rings. The van der Waals surface area contributed by atoms with Crippen molar-refractivity contribution in [2.45, 2.75) is 26.9 Å². The van der Waals surface area contributed by atoms with Crippen molar-refractivity contribution in [2.75, 3.05) is 18.1 Å². The topological polar surface area (TPSA) is 64.0 Å². The van der Waals surface area contributed by atoms with E-state index in [1.54, 1.807) is 19.4 Å². The Morgan fingerprint density at radius 3 is 2.81 bits per heavy atom. The van der Waals surface area contributed by atoms with Crippen LogP contribution in [0.3, 0.4) is 0 Å². The SMILES string of the molecule is CCNCc1cncn1CCS(=O)(=O)CC. The molecule has 0 aliphatic heterocycles. The smallest absolute Gasteiger partial charge is 0.151 e. The van der Waals surface area contributed by atoms with E-state index in [0.29, 0.717) is 6.54 Å². The van der Waals surface area contributed by atoms with E-state index in [1.165, 1.54) is 0 Å². The predicted molar refractivity (Wildman–Crippen MR) is 63.9 cm³/mol. The largest absolute Gasteiger partial charge is 0.332 e. The number of hydrogen-bond donors (Lipinski definition) is 1. The first-order valence-electron chi connectivity index (χ1n) is 5.49. The van der Waals surface area contributed by atoms with E-state index in [0.717, 1.165) is 18.8 Å². The number of imidazole rings is 1. The summed E-state index contributed by atoms with van der Waals surface area (Å²) < 4.78 is 24.6. The van der Waals surface area contributed by atoms with Crippen molar-refractivity contribution < 1.29 is 8.42 Å². The van der Waals surface area contributed by atoms with Crippen molar-refractivity contribution in [3.05, 3.63) is 18.2 Å². The summed E-state index contributed by atoms with van der Waals surface area (Å²) in [5.74, 6) is 0.378. The van der Waals surface area contributed by atoms with Gasteiger partial charge in [0.2, 0.25) is 0 Å². The molecule has 0 aromatic carbocycles. The summed E-state index contributed by atoms with van der Waals surface area (Å²) in [6.07, 6.45) is 3.44. The molecule has 0 saturated carbocycles. The van der Waals surface area contributed by atoms with Gasteiger partial charge in [0.1, 0.15) is 0 Å². The molecule has 1 rings (SSSR count). The summed E-state index contributed by atoms with van der Waals surface area (Å²) in [6.45, 7) is 5.79. The van der Waals surface area contributed by atoms with Crippen LogP contribution in [-0.4, -0.2) is 36.0 Å². The lowest BCUT2D eigenvalue weighted by molar-refractivity contribution is 0.585. The van der Waals surface area contributed by atoms with E-state index in [1.807, 2.05) is 11.5 Å². The highest BCUT2D eigenvalue weighted by Crippen LogP contribution is 2.01. The molecule has 6 heteroatoms. The second kappa shape index (κ2) is 6.00. The fourth-order valence-corrected chi connectivity index (χ4v) is 2.10. The second-order valence-electron chi connectivity index (χ2n) is 3.60. The van der Waals surface area contributed by atoms with Gasteiger partial charge in [-0.3, -0.25) is 0 Å². The van der Waals surface area contributed by atoms with Crippen LogP contribution in [0.2, 0.25) is 0 Å². The fourth-order valence-electron chi connectivity index (χ4n) is 1.33. The number of aryl methyl sites for hydroxylation is 1. The first-order valence-corrected chi connectivity index (χ1v) is 7.31. The lowest BCUT2D eigenvalue weighted by Gasteiger charge is -2.08. The van der Waals surface area contributed by atoms with Gasteiger partial charge in [-0.05, 0) is 6.54 Å². The van der Waals surface area contributed by atoms with Crippen molar-refractivity contribution in [3.8, 4) is 0 Å². The van der Waals surface area contributed by atoms with Crippen LogP contribution >= 0.6 is 0 Å². The van der Waals surface area contributed by atoms with Crippen molar-refractivity contribution >= 4 is 9.84 Å². The van der Waals surface area contributed by atoms with E-state index < -0.39 is 9.84 Å². The first kappa shape index (κ1) is 13.2. The van der Waals surface area contributed by atoms with Crippen LogP contribution in [-0.2, 0) is 22.9 Å². The minimum Gasteiger partial charge on any atom is -0.332 e. The molecule has 0 unspecified atom stereocenters. The molecule has 5 nitrogen and oxygen atoms in total. The number of nitrogens with one attached hydrogen (secondary N) is 1. The van der Waals surface area contributed by atoms with E-state index in [4.69, 9.17) is 0 Å². The van der Waals surface area contributed by atoms with Crippen LogP contribution in [0.15, 0.2) is 12.5 Å². The fraction of sp³-hybridized carbons (Fsp3) is 0.700. The molecule has 0 spiro atoms. The van der Waals surface area contributed by atoms with E-state index in [2.05, 4.69) is 10.3 Å². The quantitative estimate of drug-likeness (QED) is 0.756. The molecule has 0 aliphatic carbocycles. The Morgan fingerprint density at radius 2 is 2.19 bits per heavy atom. The maximum atomic E-state index is 11.4. The van der Waals surface area contributed by atoms with Gasteiger partial charge in [-0.15, -0.1) is 0 Å². The third-order valence-corrected chi connectivity index (χ3v) is 4.12. The summed E-state index contributed by atoms with van der Waals surface area (Å²) in [7, 11) is -2.90. The summed E-state index contributed by atoms with van der Waals surface area (Å²) in [5, 5.41) is 3.19. The molecule has 1 aromatic rings. The minimum absolute atomic E-state index is 0.180. The standard InChI is InChI=1S/C10H19N3O2S/c1-3-11-7-10-8-12-9-13(10)5-6-16(14,15)4-2/h8-9,11H,3-7H2,1-2H3. The second-order valence-corrected chi connectivity index (χ2v) is 6.07. The van der Waals surface area contributed by atoms with Gasteiger partial charge >= 0.3 is 0 Å². The summed E-state index contributed by atoms with van der Waals surface area (Å²) in [6, 6.07) is 0. The molecule has 1 aromatic heterocycles. The van der Waals surface area contributed by atoms with Gasteiger partial charge in [-0.1, -0.05) is 13.8 Å². The Kier molecular flexibility index (Phi) is 4.95. The highest BCUT2D eigenvalue weighted by Gasteiger charge is 2.09. The molecule has 0 amide bonds. The molecular formula is C10H19N3O2S. The van der Waals surface area contributed by atoms with Gasteiger partial charge in [0.15, 0.2) is 9.84 Å². The van der Waals surface area contributed by atoms with Crippen LogP contribution in [0, 0.1) is 0 Å². The Morgan fingerprint density at radius 1 is 1.44 bits per heavy atom. The lowest BCUT2D eigenvalue weighted by Crippen LogP contribution is -2.19. The average molecular weight is 245 g/mol. The van der Waals surface area contributed by atoms with Crippen molar-refractivity contribution in [1.29, 1.82) is 0 Å². The van der Waals surface area contributed by atoms with E-state index in [9.17, 15) is 8.42 Å². The zero-order chi connectivity index (χ0) is 12.0. The summed E-state index contributed by atoms with van der Waals surface area (Å²) >= 11 is 0. The third kappa shape index (κ3) is 3.94. The number of rotatable bonds is 7. The molecule has 0 atom stereocenters. The normalized spacial score (nSPS) is 11.9. The molecule has 0 saturated heterocycles. The van der Waals surface area contributed by atoms with Gasteiger partial charge in [-0.25, -0.2) is 13.4 Å². The van der Waals surface area contributed by atoms with Crippen molar-refractivity contribution in [3.63, 3.8) is 0 Å².